The van der Waals surface area contributed by atoms with Crippen LogP contribution < -0.4 is 0 Å². The number of hydrogen-bond acceptors (Lipinski definition) is 3. The van der Waals surface area contributed by atoms with Crippen LogP contribution in [0.3, 0.4) is 0 Å². The van der Waals surface area contributed by atoms with Crippen LogP contribution in [-0.4, -0.2) is 27.7 Å². The maximum Gasteiger partial charge on any atom is 0.159 e. The first-order valence-corrected chi connectivity index (χ1v) is 6.78. The molecular formula is C15H22O3. The molecule has 100 valence electrons. The van der Waals surface area contributed by atoms with Gasteiger partial charge in [-0.05, 0) is 24.3 Å². The number of carbonyl (C=O) groups is 1. The van der Waals surface area contributed by atoms with Crippen molar-refractivity contribution in [3.8, 4) is 0 Å². The third-order valence-electron chi connectivity index (χ3n) is 5.93. The van der Waals surface area contributed by atoms with Gasteiger partial charge in [0.25, 0.3) is 0 Å². The fourth-order valence-corrected chi connectivity index (χ4v) is 4.87. The largest absolute Gasteiger partial charge is 0.392 e. The molecule has 0 spiro atoms. The summed E-state index contributed by atoms with van der Waals surface area (Å²) in [5, 5.41) is 21.5. The number of carbonyl (C=O) groups excluding carboxylic acids is 1. The van der Waals surface area contributed by atoms with Crippen LogP contribution in [0.4, 0.5) is 0 Å². The fraction of sp³-hybridized carbons (Fsp3) is 0.800. The average molecular weight is 250 g/mol. The lowest BCUT2D eigenvalue weighted by Gasteiger charge is -2.38. The Morgan fingerprint density at radius 2 is 1.94 bits per heavy atom. The zero-order valence-corrected chi connectivity index (χ0v) is 11.5. The average Bonchev–Trinajstić information content (AvgIpc) is 2.63. The van der Waals surface area contributed by atoms with E-state index in [1.54, 1.807) is 6.08 Å². The second-order valence-corrected chi connectivity index (χ2v) is 7.44. The van der Waals surface area contributed by atoms with Gasteiger partial charge in [0.05, 0.1) is 11.7 Å². The molecular weight excluding hydrogens is 228 g/mol. The van der Waals surface area contributed by atoms with Gasteiger partial charge in [-0.2, -0.15) is 0 Å². The highest BCUT2D eigenvalue weighted by atomic mass is 16.3. The van der Waals surface area contributed by atoms with Gasteiger partial charge < -0.3 is 10.2 Å². The minimum atomic E-state index is -0.835. The van der Waals surface area contributed by atoms with Crippen LogP contribution in [0.15, 0.2) is 11.6 Å². The second kappa shape index (κ2) is 3.07. The van der Waals surface area contributed by atoms with Gasteiger partial charge in [-0.15, -0.1) is 0 Å². The highest BCUT2D eigenvalue weighted by Gasteiger charge is 2.70. The monoisotopic (exact) mass is 250 g/mol. The molecule has 2 saturated carbocycles. The van der Waals surface area contributed by atoms with Gasteiger partial charge in [-0.25, -0.2) is 0 Å². The first kappa shape index (κ1) is 12.4. The van der Waals surface area contributed by atoms with Crippen molar-refractivity contribution in [2.24, 2.45) is 22.7 Å². The lowest BCUT2D eigenvalue weighted by Crippen LogP contribution is -2.44. The fourth-order valence-electron chi connectivity index (χ4n) is 4.87. The van der Waals surface area contributed by atoms with Gasteiger partial charge in [0.1, 0.15) is 0 Å². The van der Waals surface area contributed by atoms with Crippen molar-refractivity contribution in [1.29, 1.82) is 0 Å². The first-order valence-electron chi connectivity index (χ1n) is 6.78. The Kier molecular flexibility index (Phi) is 2.11. The van der Waals surface area contributed by atoms with E-state index in [-0.39, 0.29) is 28.4 Å². The maximum absolute atomic E-state index is 11.9. The highest BCUT2D eigenvalue weighted by molar-refractivity contribution is 5.96. The summed E-state index contributed by atoms with van der Waals surface area (Å²) in [6, 6.07) is 0. The minimum absolute atomic E-state index is 0.130. The van der Waals surface area contributed by atoms with E-state index in [1.165, 1.54) is 0 Å². The van der Waals surface area contributed by atoms with Crippen molar-refractivity contribution in [3.05, 3.63) is 11.6 Å². The van der Waals surface area contributed by atoms with E-state index >= 15 is 0 Å². The number of allylic oxidation sites excluding steroid dienone is 1. The summed E-state index contributed by atoms with van der Waals surface area (Å²) >= 11 is 0. The van der Waals surface area contributed by atoms with Crippen LogP contribution in [0.1, 0.15) is 40.5 Å². The molecule has 0 aromatic rings. The molecule has 0 bridgehead atoms. The van der Waals surface area contributed by atoms with Gasteiger partial charge in [-0.3, -0.25) is 4.79 Å². The number of aliphatic hydroxyl groups is 2. The Morgan fingerprint density at radius 1 is 1.33 bits per heavy atom. The smallest absolute Gasteiger partial charge is 0.159 e. The van der Waals surface area contributed by atoms with Crippen molar-refractivity contribution in [2.45, 2.75) is 52.2 Å². The van der Waals surface area contributed by atoms with E-state index in [0.29, 0.717) is 12.8 Å². The number of aliphatic hydroxyl groups excluding tert-OH is 1. The Labute approximate surface area is 108 Å². The van der Waals surface area contributed by atoms with Crippen LogP contribution in [0.2, 0.25) is 0 Å². The molecule has 3 aliphatic carbocycles. The third kappa shape index (κ3) is 1.15. The molecule has 0 aliphatic heterocycles. The van der Waals surface area contributed by atoms with Crippen molar-refractivity contribution in [2.75, 3.05) is 0 Å². The standard InChI is InChI=1S/C15H22O3/c1-8-10(16)5-9-6-15(18)7-13(2,3)12(17)11(15)14(8,9)4/h5,8,11-12,17-18H,6-7H2,1-4H3. The number of hydrogen-bond donors (Lipinski definition) is 2. The lowest BCUT2D eigenvalue weighted by molar-refractivity contribution is -0.122. The normalized spacial score (nSPS) is 53.3. The number of rotatable bonds is 0. The van der Waals surface area contributed by atoms with E-state index in [1.807, 2.05) is 27.7 Å². The lowest BCUT2D eigenvalue weighted by atomic mass is 9.67. The van der Waals surface area contributed by atoms with Crippen LogP contribution in [0.25, 0.3) is 0 Å². The molecule has 18 heavy (non-hydrogen) atoms. The molecule has 5 atom stereocenters. The molecule has 2 N–H and O–H groups in total. The maximum atomic E-state index is 11.9. The van der Waals surface area contributed by atoms with Crippen LogP contribution in [0.5, 0.6) is 0 Å². The quantitative estimate of drug-likeness (QED) is 0.687. The second-order valence-electron chi connectivity index (χ2n) is 7.44. The van der Waals surface area contributed by atoms with Gasteiger partial charge in [0, 0.05) is 17.3 Å². The van der Waals surface area contributed by atoms with E-state index in [2.05, 4.69) is 0 Å². The molecule has 5 unspecified atom stereocenters. The van der Waals surface area contributed by atoms with Gasteiger partial charge in [0.15, 0.2) is 5.78 Å². The molecule has 0 aromatic heterocycles. The zero-order valence-electron chi connectivity index (χ0n) is 11.5. The van der Waals surface area contributed by atoms with Crippen LogP contribution in [-0.2, 0) is 4.79 Å². The molecule has 0 radical (unpaired) electrons. The molecule has 3 heteroatoms. The van der Waals surface area contributed by atoms with E-state index in [9.17, 15) is 15.0 Å². The van der Waals surface area contributed by atoms with Gasteiger partial charge >= 0.3 is 0 Å². The Bertz CT molecular complexity index is 464. The highest BCUT2D eigenvalue weighted by Crippen LogP contribution is 2.68. The Balaban J connectivity index is 2.13. The first-order chi connectivity index (χ1) is 8.13. The molecule has 0 amide bonds. The minimum Gasteiger partial charge on any atom is -0.392 e. The van der Waals surface area contributed by atoms with Crippen LogP contribution >= 0.6 is 0 Å². The van der Waals surface area contributed by atoms with Gasteiger partial charge in [-0.1, -0.05) is 33.3 Å². The number of ketones is 1. The van der Waals surface area contributed by atoms with E-state index < -0.39 is 11.7 Å². The predicted molar refractivity (Wildman–Crippen MR) is 67.8 cm³/mol. The summed E-state index contributed by atoms with van der Waals surface area (Å²) in [5.41, 5.74) is -0.432. The topological polar surface area (TPSA) is 57.5 Å². The van der Waals surface area contributed by atoms with E-state index in [0.717, 1.165) is 5.57 Å². The van der Waals surface area contributed by atoms with Crippen molar-refractivity contribution in [1.82, 2.24) is 0 Å². The SMILES string of the molecule is CC1C(=O)C=C2CC3(O)CC(C)(C)C(O)C3C21C. The summed E-state index contributed by atoms with van der Waals surface area (Å²) in [5.74, 6) is -0.200. The molecule has 3 aliphatic rings. The molecule has 0 saturated heterocycles. The summed E-state index contributed by atoms with van der Waals surface area (Å²) in [4.78, 5) is 11.9. The van der Waals surface area contributed by atoms with Crippen molar-refractivity contribution >= 4 is 5.78 Å². The van der Waals surface area contributed by atoms with Crippen molar-refractivity contribution in [3.63, 3.8) is 0 Å². The van der Waals surface area contributed by atoms with Gasteiger partial charge in [0.2, 0.25) is 0 Å². The van der Waals surface area contributed by atoms with Crippen LogP contribution in [0, 0.1) is 22.7 Å². The summed E-state index contributed by atoms with van der Waals surface area (Å²) in [6.45, 7) is 7.97. The predicted octanol–water partition coefficient (Wildman–Crippen LogP) is 1.68. The Morgan fingerprint density at radius 3 is 2.56 bits per heavy atom. The summed E-state index contributed by atoms with van der Waals surface area (Å²) in [7, 11) is 0. The molecule has 3 nitrogen and oxygen atoms in total. The molecule has 0 heterocycles. The molecule has 0 aromatic carbocycles. The Hall–Kier alpha value is -0.670. The number of fused-ring (bicyclic) bond motifs is 3. The third-order valence-corrected chi connectivity index (χ3v) is 5.93. The molecule has 3 rings (SSSR count). The van der Waals surface area contributed by atoms with Crippen molar-refractivity contribution < 1.29 is 15.0 Å². The zero-order chi connectivity index (χ0) is 13.5. The summed E-state index contributed by atoms with van der Waals surface area (Å²) in [6.07, 6.45) is 2.32. The molecule has 2 fully saturated rings. The summed E-state index contributed by atoms with van der Waals surface area (Å²) < 4.78 is 0. The van der Waals surface area contributed by atoms with E-state index in [4.69, 9.17) is 0 Å².